The van der Waals surface area contributed by atoms with Gasteiger partial charge in [0, 0.05) is 18.3 Å². The van der Waals surface area contributed by atoms with Crippen LogP contribution in [0.25, 0.3) is 0 Å². The molecule has 3 nitrogen and oxygen atoms in total. The van der Waals surface area contributed by atoms with E-state index in [1.807, 2.05) is 13.8 Å². The molecule has 1 aliphatic rings. The normalized spacial score (nSPS) is 25.6. The average molecular weight is 212 g/mol. The highest BCUT2D eigenvalue weighted by Crippen LogP contribution is 2.36. The number of hydrogen-bond acceptors (Lipinski definition) is 3. The summed E-state index contributed by atoms with van der Waals surface area (Å²) in [7, 11) is 1.40. The molecule has 0 N–H and O–H groups in total. The molecule has 0 radical (unpaired) electrons. The first-order valence-corrected chi connectivity index (χ1v) is 5.66. The van der Waals surface area contributed by atoms with Crippen LogP contribution in [0.1, 0.15) is 39.5 Å². The van der Waals surface area contributed by atoms with E-state index in [0.29, 0.717) is 12.2 Å². The van der Waals surface area contributed by atoms with Crippen LogP contribution in [0.5, 0.6) is 0 Å². The number of rotatable bonds is 4. The predicted molar refractivity (Wildman–Crippen MR) is 57.3 cm³/mol. The minimum Gasteiger partial charge on any atom is -0.469 e. The van der Waals surface area contributed by atoms with Crippen molar-refractivity contribution in [2.75, 3.05) is 7.11 Å². The Kier molecular flexibility index (Phi) is 4.30. The van der Waals surface area contributed by atoms with Gasteiger partial charge in [-0.15, -0.1) is 0 Å². The van der Waals surface area contributed by atoms with Crippen molar-refractivity contribution in [2.24, 2.45) is 17.8 Å². The molecule has 0 aliphatic heterocycles. The standard InChI is InChI=1S/C12H20O3/c1-8(2)12(14)10-6-4-5-9(10)7-11(13)15-3/h8-10H,4-7H2,1-3H3/t9-,10+/m0/s1. The maximum absolute atomic E-state index is 11.9. The van der Waals surface area contributed by atoms with Gasteiger partial charge >= 0.3 is 5.97 Å². The van der Waals surface area contributed by atoms with E-state index in [0.717, 1.165) is 19.3 Å². The number of carbonyl (C=O) groups excluding carboxylic acids is 2. The highest BCUT2D eigenvalue weighted by molar-refractivity contribution is 5.84. The third-order valence-electron chi connectivity index (χ3n) is 3.25. The van der Waals surface area contributed by atoms with Gasteiger partial charge in [0.05, 0.1) is 7.11 Å². The highest BCUT2D eigenvalue weighted by Gasteiger charge is 2.35. The van der Waals surface area contributed by atoms with Crippen molar-refractivity contribution in [1.82, 2.24) is 0 Å². The van der Waals surface area contributed by atoms with Gasteiger partial charge in [0.15, 0.2) is 0 Å². The van der Waals surface area contributed by atoms with Crippen molar-refractivity contribution in [3.8, 4) is 0 Å². The van der Waals surface area contributed by atoms with Gasteiger partial charge in [-0.05, 0) is 18.8 Å². The molecule has 0 bridgehead atoms. The monoisotopic (exact) mass is 212 g/mol. The zero-order valence-electron chi connectivity index (χ0n) is 9.79. The van der Waals surface area contributed by atoms with E-state index in [1.54, 1.807) is 0 Å². The second-order valence-electron chi connectivity index (χ2n) is 4.63. The van der Waals surface area contributed by atoms with Crippen LogP contribution in [0, 0.1) is 17.8 Å². The fraction of sp³-hybridized carbons (Fsp3) is 0.833. The van der Waals surface area contributed by atoms with Gasteiger partial charge in [-0.1, -0.05) is 20.3 Å². The van der Waals surface area contributed by atoms with Crippen LogP contribution in [0.15, 0.2) is 0 Å². The van der Waals surface area contributed by atoms with Gasteiger partial charge in [0.1, 0.15) is 5.78 Å². The number of esters is 1. The van der Waals surface area contributed by atoms with E-state index >= 15 is 0 Å². The molecule has 0 aromatic heterocycles. The summed E-state index contributed by atoms with van der Waals surface area (Å²) in [5.41, 5.74) is 0. The van der Waals surface area contributed by atoms with E-state index < -0.39 is 0 Å². The lowest BCUT2D eigenvalue weighted by Gasteiger charge is -2.19. The summed E-state index contributed by atoms with van der Waals surface area (Å²) in [5, 5.41) is 0. The number of ether oxygens (including phenoxy) is 1. The van der Waals surface area contributed by atoms with Crippen molar-refractivity contribution in [3.63, 3.8) is 0 Å². The van der Waals surface area contributed by atoms with Crippen molar-refractivity contribution in [2.45, 2.75) is 39.5 Å². The van der Waals surface area contributed by atoms with Crippen LogP contribution in [0.3, 0.4) is 0 Å². The molecule has 0 unspecified atom stereocenters. The number of methoxy groups -OCH3 is 1. The van der Waals surface area contributed by atoms with Gasteiger partial charge in [-0.2, -0.15) is 0 Å². The Labute approximate surface area is 91.2 Å². The predicted octanol–water partition coefficient (Wildman–Crippen LogP) is 2.19. The first-order chi connectivity index (χ1) is 7.06. The van der Waals surface area contributed by atoms with Crippen molar-refractivity contribution >= 4 is 11.8 Å². The molecule has 2 atom stereocenters. The lowest BCUT2D eigenvalue weighted by molar-refractivity contribution is -0.142. The van der Waals surface area contributed by atoms with Gasteiger partial charge in [-0.25, -0.2) is 0 Å². The second kappa shape index (κ2) is 5.29. The third-order valence-corrected chi connectivity index (χ3v) is 3.25. The molecule has 0 spiro atoms. The first kappa shape index (κ1) is 12.2. The van der Waals surface area contributed by atoms with E-state index in [9.17, 15) is 9.59 Å². The van der Waals surface area contributed by atoms with Gasteiger partial charge in [-0.3, -0.25) is 9.59 Å². The molecule has 0 aromatic carbocycles. The zero-order valence-corrected chi connectivity index (χ0v) is 9.79. The largest absolute Gasteiger partial charge is 0.469 e. The molecule has 86 valence electrons. The summed E-state index contributed by atoms with van der Waals surface area (Å²) in [6.45, 7) is 3.85. The molecule has 0 saturated heterocycles. The molecule has 1 saturated carbocycles. The fourth-order valence-electron chi connectivity index (χ4n) is 2.38. The van der Waals surface area contributed by atoms with Crippen LogP contribution in [0.2, 0.25) is 0 Å². The van der Waals surface area contributed by atoms with E-state index in [2.05, 4.69) is 4.74 Å². The molecule has 0 heterocycles. The Bertz CT molecular complexity index is 245. The first-order valence-electron chi connectivity index (χ1n) is 5.66. The number of carbonyl (C=O) groups is 2. The lowest BCUT2D eigenvalue weighted by Crippen LogP contribution is -2.25. The topological polar surface area (TPSA) is 43.4 Å². The average Bonchev–Trinajstić information content (AvgIpc) is 2.64. The van der Waals surface area contributed by atoms with Crippen LogP contribution in [-0.4, -0.2) is 18.9 Å². The molecule has 1 fully saturated rings. The van der Waals surface area contributed by atoms with Crippen LogP contribution in [0.4, 0.5) is 0 Å². The quantitative estimate of drug-likeness (QED) is 0.671. The molecule has 1 aliphatic carbocycles. The minimum atomic E-state index is -0.191. The molecular formula is C12H20O3. The van der Waals surface area contributed by atoms with E-state index in [4.69, 9.17) is 0 Å². The summed E-state index contributed by atoms with van der Waals surface area (Å²) < 4.78 is 4.65. The third kappa shape index (κ3) is 3.05. The smallest absolute Gasteiger partial charge is 0.305 e. The second-order valence-corrected chi connectivity index (χ2v) is 4.63. The van der Waals surface area contributed by atoms with Crippen LogP contribution < -0.4 is 0 Å². The van der Waals surface area contributed by atoms with Crippen molar-refractivity contribution in [3.05, 3.63) is 0 Å². The number of hydrogen-bond donors (Lipinski definition) is 0. The Morgan fingerprint density at radius 3 is 2.53 bits per heavy atom. The van der Waals surface area contributed by atoms with Gasteiger partial charge < -0.3 is 4.74 Å². The summed E-state index contributed by atoms with van der Waals surface area (Å²) in [6, 6.07) is 0. The van der Waals surface area contributed by atoms with Crippen LogP contribution in [-0.2, 0) is 14.3 Å². The molecule has 0 aromatic rings. The molecule has 1 rings (SSSR count). The van der Waals surface area contributed by atoms with Crippen molar-refractivity contribution in [1.29, 1.82) is 0 Å². The molecular weight excluding hydrogens is 192 g/mol. The molecule has 3 heteroatoms. The summed E-state index contributed by atoms with van der Waals surface area (Å²) in [4.78, 5) is 23.0. The van der Waals surface area contributed by atoms with Gasteiger partial charge in [0.25, 0.3) is 0 Å². The Balaban J connectivity index is 2.57. The van der Waals surface area contributed by atoms with E-state index in [1.165, 1.54) is 7.11 Å². The Morgan fingerprint density at radius 1 is 1.33 bits per heavy atom. The number of ketones is 1. The van der Waals surface area contributed by atoms with Gasteiger partial charge in [0.2, 0.25) is 0 Å². The van der Waals surface area contributed by atoms with E-state index in [-0.39, 0.29) is 23.7 Å². The summed E-state index contributed by atoms with van der Waals surface area (Å²) in [5.74, 6) is 0.495. The maximum Gasteiger partial charge on any atom is 0.305 e. The zero-order chi connectivity index (χ0) is 11.4. The Morgan fingerprint density at radius 2 is 2.00 bits per heavy atom. The van der Waals surface area contributed by atoms with Crippen LogP contribution >= 0.6 is 0 Å². The fourth-order valence-corrected chi connectivity index (χ4v) is 2.38. The maximum atomic E-state index is 11.9. The minimum absolute atomic E-state index is 0.0771. The molecule has 15 heavy (non-hydrogen) atoms. The SMILES string of the molecule is COC(=O)C[C@@H]1CCC[C@H]1C(=O)C(C)C. The lowest BCUT2D eigenvalue weighted by atomic mass is 9.85. The van der Waals surface area contributed by atoms with Crippen molar-refractivity contribution < 1.29 is 14.3 Å². The summed E-state index contributed by atoms with van der Waals surface area (Å²) in [6.07, 6.45) is 3.39. The molecule has 0 amide bonds. The number of Topliss-reactive ketones (excluding diaryl/α,β-unsaturated/α-hetero) is 1. The Hall–Kier alpha value is -0.860. The highest BCUT2D eigenvalue weighted by atomic mass is 16.5. The summed E-state index contributed by atoms with van der Waals surface area (Å²) >= 11 is 0.